The van der Waals surface area contributed by atoms with Crippen LogP contribution in [0, 0.1) is 0 Å². The van der Waals surface area contributed by atoms with Gasteiger partial charge in [-0.2, -0.15) is 0 Å². The van der Waals surface area contributed by atoms with Crippen molar-refractivity contribution in [3.8, 4) is 11.5 Å². The van der Waals surface area contributed by atoms with Crippen molar-refractivity contribution in [2.75, 3.05) is 0 Å². The Morgan fingerprint density at radius 2 is 1.88 bits per heavy atom. The molecule has 2 heteroatoms. The van der Waals surface area contributed by atoms with Crippen molar-refractivity contribution >= 4 is 0 Å². The Hall–Kier alpha value is -1.18. The van der Waals surface area contributed by atoms with E-state index in [-0.39, 0.29) is 6.10 Å². The summed E-state index contributed by atoms with van der Waals surface area (Å²) in [4.78, 5) is 0. The number of benzene rings is 1. The van der Waals surface area contributed by atoms with Gasteiger partial charge in [-0.25, -0.2) is 0 Å². The fraction of sp³-hybridized carbons (Fsp3) is 0.600. The van der Waals surface area contributed by atoms with E-state index in [0.29, 0.717) is 17.4 Å². The lowest BCUT2D eigenvalue weighted by atomic mass is 9.97. The Morgan fingerprint density at radius 3 is 2.53 bits per heavy atom. The Labute approximate surface area is 104 Å². The first-order chi connectivity index (χ1) is 8.18. The van der Waals surface area contributed by atoms with Crippen LogP contribution in [0.1, 0.15) is 57.4 Å². The molecule has 2 rings (SSSR count). The number of phenols is 1. The van der Waals surface area contributed by atoms with Gasteiger partial charge in [0.05, 0.1) is 6.10 Å². The minimum atomic E-state index is 0.289. The predicted octanol–water partition coefficient (Wildman–Crippen LogP) is 4.23. The highest BCUT2D eigenvalue weighted by atomic mass is 16.5. The number of hydrogen-bond acceptors (Lipinski definition) is 2. The van der Waals surface area contributed by atoms with Gasteiger partial charge in [-0.3, -0.25) is 0 Å². The molecule has 0 aromatic heterocycles. The molecule has 0 heterocycles. The van der Waals surface area contributed by atoms with E-state index in [4.69, 9.17) is 4.74 Å². The van der Waals surface area contributed by atoms with Crippen LogP contribution in [0.15, 0.2) is 18.2 Å². The Morgan fingerprint density at radius 1 is 1.18 bits per heavy atom. The molecule has 94 valence electrons. The number of phenolic OH excluding ortho intramolecular Hbond substituents is 1. The third-order valence-corrected chi connectivity index (χ3v) is 3.50. The molecule has 0 spiro atoms. The maximum absolute atomic E-state index is 10.2. The van der Waals surface area contributed by atoms with Crippen molar-refractivity contribution in [2.24, 2.45) is 0 Å². The van der Waals surface area contributed by atoms with Crippen molar-refractivity contribution in [3.63, 3.8) is 0 Å². The lowest BCUT2D eigenvalue weighted by molar-refractivity contribution is 0.149. The van der Waals surface area contributed by atoms with Gasteiger partial charge in [0, 0.05) is 5.56 Å². The molecule has 1 aromatic rings. The van der Waals surface area contributed by atoms with Gasteiger partial charge in [0.25, 0.3) is 0 Å². The van der Waals surface area contributed by atoms with Crippen LogP contribution < -0.4 is 4.74 Å². The zero-order chi connectivity index (χ0) is 12.3. The van der Waals surface area contributed by atoms with E-state index in [2.05, 4.69) is 13.8 Å². The SMILES string of the molecule is CC(C)c1cccc(OC2CCCCC2)c1O. The number of ether oxygens (including phenoxy) is 1. The monoisotopic (exact) mass is 234 g/mol. The first kappa shape index (κ1) is 12.3. The standard InChI is InChI=1S/C15H22O2/c1-11(2)13-9-6-10-14(15(13)16)17-12-7-4-3-5-8-12/h6,9-12,16H,3-5,7-8H2,1-2H3. The highest BCUT2D eigenvalue weighted by molar-refractivity contribution is 5.46. The summed E-state index contributed by atoms with van der Waals surface area (Å²) in [6.45, 7) is 4.17. The summed E-state index contributed by atoms with van der Waals surface area (Å²) < 4.78 is 5.93. The summed E-state index contributed by atoms with van der Waals surface area (Å²) in [5.74, 6) is 1.31. The second-order valence-electron chi connectivity index (χ2n) is 5.23. The van der Waals surface area contributed by atoms with E-state index in [1.807, 2.05) is 18.2 Å². The number of para-hydroxylation sites is 1. The van der Waals surface area contributed by atoms with Crippen molar-refractivity contribution < 1.29 is 9.84 Å². The summed E-state index contributed by atoms with van der Waals surface area (Å²) in [6, 6.07) is 5.80. The van der Waals surface area contributed by atoms with Gasteiger partial charge >= 0.3 is 0 Å². The molecule has 1 N–H and O–H groups in total. The van der Waals surface area contributed by atoms with Crippen LogP contribution in [0.25, 0.3) is 0 Å². The predicted molar refractivity (Wildman–Crippen MR) is 69.7 cm³/mol. The molecule has 0 atom stereocenters. The second kappa shape index (κ2) is 5.44. The lowest BCUT2D eigenvalue weighted by Gasteiger charge is -2.24. The van der Waals surface area contributed by atoms with Crippen molar-refractivity contribution in [3.05, 3.63) is 23.8 Å². The smallest absolute Gasteiger partial charge is 0.161 e. The maximum Gasteiger partial charge on any atom is 0.161 e. The van der Waals surface area contributed by atoms with E-state index in [1.54, 1.807) is 0 Å². The topological polar surface area (TPSA) is 29.5 Å². The summed E-state index contributed by atoms with van der Waals surface area (Å²) in [7, 11) is 0. The fourth-order valence-electron chi connectivity index (χ4n) is 2.46. The third kappa shape index (κ3) is 2.93. The fourth-order valence-corrected chi connectivity index (χ4v) is 2.46. The average Bonchev–Trinajstić information content (AvgIpc) is 2.33. The highest BCUT2D eigenvalue weighted by Crippen LogP contribution is 2.36. The highest BCUT2D eigenvalue weighted by Gasteiger charge is 2.18. The Kier molecular flexibility index (Phi) is 3.93. The molecule has 0 aliphatic heterocycles. The molecule has 0 amide bonds. The molecule has 17 heavy (non-hydrogen) atoms. The molecule has 0 unspecified atom stereocenters. The molecule has 1 fully saturated rings. The normalized spacial score (nSPS) is 17.4. The zero-order valence-corrected chi connectivity index (χ0v) is 10.8. The van der Waals surface area contributed by atoms with Gasteiger partial charge < -0.3 is 9.84 Å². The number of aromatic hydroxyl groups is 1. The number of hydrogen-bond donors (Lipinski definition) is 1. The molecule has 0 saturated heterocycles. The van der Waals surface area contributed by atoms with E-state index >= 15 is 0 Å². The van der Waals surface area contributed by atoms with Crippen LogP contribution in [0.3, 0.4) is 0 Å². The van der Waals surface area contributed by atoms with Gasteiger partial charge in [0.15, 0.2) is 11.5 Å². The molecule has 1 saturated carbocycles. The Bertz CT molecular complexity index is 365. The minimum Gasteiger partial charge on any atom is -0.504 e. The summed E-state index contributed by atoms with van der Waals surface area (Å²) in [5.41, 5.74) is 0.971. The molecule has 2 nitrogen and oxygen atoms in total. The lowest BCUT2D eigenvalue weighted by Crippen LogP contribution is -2.19. The van der Waals surface area contributed by atoms with Crippen molar-refractivity contribution in [1.29, 1.82) is 0 Å². The summed E-state index contributed by atoms with van der Waals surface area (Å²) in [6.07, 6.45) is 6.33. The van der Waals surface area contributed by atoms with Crippen LogP contribution in [-0.4, -0.2) is 11.2 Å². The molecule has 0 bridgehead atoms. The second-order valence-corrected chi connectivity index (χ2v) is 5.23. The van der Waals surface area contributed by atoms with Crippen LogP contribution in [0.5, 0.6) is 11.5 Å². The molecular formula is C15H22O2. The quantitative estimate of drug-likeness (QED) is 0.848. The third-order valence-electron chi connectivity index (χ3n) is 3.50. The largest absolute Gasteiger partial charge is 0.504 e. The molecular weight excluding hydrogens is 212 g/mol. The minimum absolute atomic E-state index is 0.289. The first-order valence-electron chi connectivity index (χ1n) is 6.67. The van der Waals surface area contributed by atoms with Crippen molar-refractivity contribution in [2.45, 2.75) is 58.0 Å². The summed E-state index contributed by atoms with van der Waals surface area (Å²) >= 11 is 0. The van der Waals surface area contributed by atoms with Crippen LogP contribution in [0.4, 0.5) is 0 Å². The van der Waals surface area contributed by atoms with Gasteiger partial charge in [-0.15, -0.1) is 0 Å². The zero-order valence-electron chi connectivity index (χ0n) is 10.8. The van der Waals surface area contributed by atoms with Gasteiger partial charge in [-0.05, 0) is 37.7 Å². The van der Waals surface area contributed by atoms with E-state index < -0.39 is 0 Å². The van der Waals surface area contributed by atoms with Crippen molar-refractivity contribution in [1.82, 2.24) is 0 Å². The van der Waals surface area contributed by atoms with E-state index in [0.717, 1.165) is 18.4 Å². The molecule has 0 radical (unpaired) electrons. The Balaban J connectivity index is 2.12. The van der Waals surface area contributed by atoms with Crippen LogP contribution in [0.2, 0.25) is 0 Å². The van der Waals surface area contributed by atoms with Crippen LogP contribution >= 0.6 is 0 Å². The van der Waals surface area contributed by atoms with E-state index in [9.17, 15) is 5.11 Å². The van der Waals surface area contributed by atoms with Gasteiger partial charge in [0.1, 0.15) is 0 Å². The molecule has 1 aromatic carbocycles. The molecule has 1 aliphatic rings. The van der Waals surface area contributed by atoms with Gasteiger partial charge in [0.2, 0.25) is 0 Å². The maximum atomic E-state index is 10.2. The first-order valence-corrected chi connectivity index (χ1v) is 6.67. The summed E-state index contributed by atoms with van der Waals surface area (Å²) in [5, 5.41) is 10.2. The van der Waals surface area contributed by atoms with Crippen LogP contribution in [-0.2, 0) is 0 Å². The number of rotatable bonds is 3. The van der Waals surface area contributed by atoms with Gasteiger partial charge in [-0.1, -0.05) is 32.4 Å². The molecule has 1 aliphatic carbocycles. The average molecular weight is 234 g/mol. The van der Waals surface area contributed by atoms with E-state index in [1.165, 1.54) is 19.3 Å².